The molecule has 0 amide bonds. The molecule has 3 atom stereocenters. The quantitative estimate of drug-likeness (QED) is 0.713. The van der Waals surface area contributed by atoms with Crippen LogP contribution in [0.25, 0.3) is 0 Å². The molecule has 3 unspecified atom stereocenters. The van der Waals surface area contributed by atoms with Crippen molar-refractivity contribution in [2.75, 3.05) is 14.2 Å². The summed E-state index contributed by atoms with van der Waals surface area (Å²) in [7, 11) is 3.47. The number of nitrogens with one attached hydrogen (secondary N) is 1. The van der Waals surface area contributed by atoms with Crippen molar-refractivity contribution < 1.29 is 14.3 Å². The Kier molecular flexibility index (Phi) is 5.05. The van der Waals surface area contributed by atoms with Crippen molar-refractivity contribution in [1.29, 1.82) is 0 Å². The first-order valence-electron chi connectivity index (χ1n) is 5.58. The van der Waals surface area contributed by atoms with Gasteiger partial charge in [0.05, 0.1) is 6.10 Å². The summed E-state index contributed by atoms with van der Waals surface area (Å²) in [4.78, 5) is 11.5. The van der Waals surface area contributed by atoms with Crippen LogP contribution >= 0.6 is 0 Å². The number of likely N-dealkylation sites (N-methyl/N-ethyl adjacent to an activating group) is 1. The van der Waals surface area contributed by atoms with Crippen molar-refractivity contribution in [2.45, 2.75) is 50.9 Å². The van der Waals surface area contributed by atoms with E-state index in [0.29, 0.717) is 0 Å². The summed E-state index contributed by atoms with van der Waals surface area (Å²) in [5.74, 6) is -0.167. The molecule has 88 valence electrons. The summed E-state index contributed by atoms with van der Waals surface area (Å²) in [5, 5.41) is 2.87. The lowest BCUT2D eigenvalue weighted by Crippen LogP contribution is -2.37. The van der Waals surface area contributed by atoms with Gasteiger partial charge in [0.1, 0.15) is 12.1 Å². The predicted octanol–water partition coefficient (Wildman–Crippen LogP) is 1.10. The van der Waals surface area contributed by atoms with E-state index in [9.17, 15) is 4.79 Å². The Labute approximate surface area is 91.3 Å². The van der Waals surface area contributed by atoms with Crippen LogP contribution in [0.5, 0.6) is 0 Å². The molecular weight excluding hydrogens is 194 g/mol. The molecule has 1 N–H and O–H groups in total. The van der Waals surface area contributed by atoms with Crippen LogP contribution in [0.15, 0.2) is 0 Å². The summed E-state index contributed by atoms with van der Waals surface area (Å²) in [6.45, 7) is 1.80. The minimum absolute atomic E-state index is 0.0343. The average molecular weight is 215 g/mol. The van der Waals surface area contributed by atoms with Crippen LogP contribution in [0.3, 0.4) is 0 Å². The first-order valence-corrected chi connectivity index (χ1v) is 5.58. The Bertz CT molecular complexity index is 208. The van der Waals surface area contributed by atoms with Gasteiger partial charge in [-0.1, -0.05) is 0 Å². The van der Waals surface area contributed by atoms with E-state index >= 15 is 0 Å². The van der Waals surface area contributed by atoms with Gasteiger partial charge in [0.15, 0.2) is 0 Å². The molecule has 0 aromatic carbocycles. The molecule has 0 spiro atoms. The van der Waals surface area contributed by atoms with Crippen LogP contribution in [0.4, 0.5) is 0 Å². The van der Waals surface area contributed by atoms with Crippen molar-refractivity contribution in [3.05, 3.63) is 0 Å². The lowest BCUT2D eigenvalue weighted by Gasteiger charge is -2.28. The highest BCUT2D eigenvalue weighted by Crippen LogP contribution is 2.23. The van der Waals surface area contributed by atoms with E-state index in [1.54, 1.807) is 21.1 Å². The van der Waals surface area contributed by atoms with E-state index in [1.165, 1.54) is 0 Å². The zero-order valence-electron chi connectivity index (χ0n) is 9.79. The first kappa shape index (κ1) is 12.5. The van der Waals surface area contributed by atoms with Gasteiger partial charge in [-0.3, -0.25) is 4.79 Å². The molecule has 1 saturated carbocycles. The third-order valence-corrected chi connectivity index (χ3v) is 2.98. The fourth-order valence-corrected chi connectivity index (χ4v) is 1.81. The maximum Gasteiger partial charge on any atom is 0.323 e. The maximum absolute atomic E-state index is 11.5. The summed E-state index contributed by atoms with van der Waals surface area (Å²) < 4.78 is 10.7. The molecule has 4 heteroatoms. The Morgan fingerprint density at radius 3 is 2.67 bits per heavy atom. The van der Waals surface area contributed by atoms with Gasteiger partial charge in [-0.2, -0.15) is 0 Å². The number of hydrogen-bond donors (Lipinski definition) is 1. The Morgan fingerprint density at radius 1 is 1.40 bits per heavy atom. The molecule has 1 rings (SSSR count). The monoisotopic (exact) mass is 215 g/mol. The fraction of sp³-hybridized carbons (Fsp3) is 0.909. The van der Waals surface area contributed by atoms with E-state index < -0.39 is 0 Å². The van der Waals surface area contributed by atoms with Gasteiger partial charge in [-0.25, -0.2) is 0 Å². The third-order valence-electron chi connectivity index (χ3n) is 2.98. The predicted molar refractivity (Wildman–Crippen MR) is 57.7 cm³/mol. The molecule has 0 aromatic heterocycles. The molecule has 1 fully saturated rings. The van der Waals surface area contributed by atoms with Crippen LogP contribution in [-0.2, 0) is 14.3 Å². The van der Waals surface area contributed by atoms with Gasteiger partial charge < -0.3 is 14.8 Å². The zero-order valence-corrected chi connectivity index (χ0v) is 9.79. The third kappa shape index (κ3) is 3.80. The van der Waals surface area contributed by atoms with E-state index in [-0.39, 0.29) is 24.2 Å². The van der Waals surface area contributed by atoms with Crippen LogP contribution in [0.2, 0.25) is 0 Å². The molecule has 0 radical (unpaired) electrons. The highest BCUT2D eigenvalue weighted by atomic mass is 16.5. The molecule has 0 aromatic rings. The molecular formula is C11H21NO3. The topological polar surface area (TPSA) is 47.6 Å². The smallest absolute Gasteiger partial charge is 0.323 e. The fourth-order valence-electron chi connectivity index (χ4n) is 1.81. The SMILES string of the molecule is CNC(C)C(=O)OC1CCCC(OC)C1. The lowest BCUT2D eigenvalue weighted by atomic mass is 9.95. The summed E-state index contributed by atoms with van der Waals surface area (Å²) in [6.07, 6.45) is 4.23. The van der Waals surface area contributed by atoms with Crippen molar-refractivity contribution >= 4 is 5.97 Å². The van der Waals surface area contributed by atoms with Gasteiger partial charge in [0.25, 0.3) is 0 Å². The number of ether oxygens (including phenoxy) is 2. The van der Waals surface area contributed by atoms with Gasteiger partial charge in [0.2, 0.25) is 0 Å². The van der Waals surface area contributed by atoms with E-state index in [2.05, 4.69) is 5.32 Å². The molecule has 0 aliphatic heterocycles. The highest BCUT2D eigenvalue weighted by Gasteiger charge is 2.25. The highest BCUT2D eigenvalue weighted by molar-refractivity contribution is 5.75. The second-order valence-electron chi connectivity index (χ2n) is 4.09. The maximum atomic E-state index is 11.5. The molecule has 0 heterocycles. The Morgan fingerprint density at radius 2 is 2.07 bits per heavy atom. The number of hydrogen-bond acceptors (Lipinski definition) is 4. The summed E-state index contributed by atoms with van der Waals surface area (Å²) in [5.41, 5.74) is 0. The number of carbonyl (C=O) groups excluding carboxylic acids is 1. The Hall–Kier alpha value is -0.610. The summed E-state index contributed by atoms with van der Waals surface area (Å²) >= 11 is 0. The van der Waals surface area contributed by atoms with E-state index in [4.69, 9.17) is 9.47 Å². The molecule has 4 nitrogen and oxygen atoms in total. The summed E-state index contributed by atoms with van der Waals surface area (Å²) in [6, 6.07) is -0.229. The number of carbonyl (C=O) groups is 1. The zero-order chi connectivity index (χ0) is 11.3. The van der Waals surface area contributed by atoms with Crippen LogP contribution in [0.1, 0.15) is 32.6 Å². The van der Waals surface area contributed by atoms with Crippen LogP contribution in [-0.4, -0.2) is 38.4 Å². The number of rotatable bonds is 4. The normalized spacial score (nSPS) is 28.5. The second kappa shape index (κ2) is 6.08. The van der Waals surface area contributed by atoms with Crippen LogP contribution < -0.4 is 5.32 Å². The number of esters is 1. The van der Waals surface area contributed by atoms with Crippen molar-refractivity contribution in [2.24, 2.45) is 0 Å². The average Bonchev–Trinajstić information content (AvgIpc) is 2.28. The molecule has 1 aliphatic carbocycles. The molecule has 0 bridgehead atoms. The van der Waals surface area contributed by atoms with Gasteiger partial charge in [0, 0.05) is 13.5 Å². The van der Waals surface area contributed by atoms with Crippen molar-refractivity contribution in [1.82, 2.24) is 5.32 Å². The van der Waals surface area contributed by atoms with Crippen molar-refractivity contribution in [3.63, 3.8) is 0 Å². The second-order valence-corrected chi connectivity index (χ2v) is 4.09. The van der Waals surface area contributed by atoms with Gasteiger partial charge in [-0.05, 0) is 33.2 Å². The lowest BCUT2D eigenvalue weighted by molar-refractivity contribution is -0.154. The molecule has 1 aliphatic rings. The van der Waals surface area contributed by atoms with Crippen LogP contribution in [0, 0.1) is 0 Å². The Balaban J connectivity index is 2.34. The minimum atomic E-state index is -0.229. The van der Waals surface area contributed by atoms with Crippen molar-refractivity contribution in [3.8, 4) is 0 Å². The minimum Gasteiger partial charge on any atom is -0.461 e. The molecule has 0 saturated heterocycles. The van der Waals surface area contributed by atoms with Gasteiger partial charge in [-0.15, -0.1) is 0 Å². The number of methoxy groups -OCH3 is 1. The standard InChI is InChI=1S/C11H21NO3/c1-8(12-2)11(13)15-10-6-4-5-9(7-10)14-3/h8-10,12H,4-7H2,1-3H3. The van der Waals surface area contributed by atoms with E-state index in [1.807, 2.05) is 0 Å². The largest absolute Gasteiger partial charge is 0.461 e. The van der Waals surface area contributed by atoms with Gasteiger partial charge >= 0.3 is 5.97 Å². The van der Waals surface area contributed by atoms with E-state index in [0.717, 1.165) is 25.7 Å². The first-order chi connectivity index (χ1) is 7.17. The molecule has 15 heavy (non-hydrogen) atoms.